The second-order valence-corrected chi connectivity index (χ2v) is 9.96. The van der Waals surface area contributed by atoms with E-state index in [1.165, 1.54) is 17.0 Å². The fraction of sp³-hybridized carbons (Fsp3) is 0.125. The summed E-state index contributed by atoms with van der Waals surface area (Å²) < 4.78 is 37.8. The van der Waals surface area contributed by atoms with Crippen LogP contribution in [-0.4, -0.2) is 31.1 Å². The second-order valence-electron chi connectivity index (χ2n) is 7.60. The molecule has 2 aliphatic heterocycles. The fourth-order valence-electron chi connectivity index (χ4n) is 4.01. The Hall–Kier alpha value is -3.49. The van der Waals surface area contributed by atoms with Gasteiger partial charge in [-0.25, -0.2) is 8.42 Å². The molecule has 0 saturated carbocycles. The van der Waals surface area contributed by atoms with Crippen molar-refractivity contribution in [2.75, 3.05) is 6.79 Å². The van der Waals surface area contributed by atoms with Crippen LogP contribution < -0.4 is 9.47 Å². The first kappa shape index (κ1) is 21.4. The highest BCUT2D eigenvalue weighted by atomic mass is 35.5. The third-order valence-electron chi connectivity index (χ3n) is 5.58. The number of carbonyl (C=O) groups excluding carboxylic acids is 1. The Morgan fingerprint density at radius 1 is 0.970 bits per heavy atom. The molecular weight excluding hydrogens is 466 g/mol. The molecule has 0 bridgehead atoms. The third kappa shape index (κ3) is 3.71. The number of amides is 1. The Morgan fingerprint density at radius 2 is 1.67 bits per heavy atom. The number of carbonyl (C=O) groups is 1. The van der Waals surface area contributed by atoms with Crippen LogP contribution in [0.15, 0.2) is 88.4 Å². The molecule has 0 aromatic heterocycles. The molecule has 0 saturated heterocycles. The summed E-state index contributed by atoms with van der Waals surface area (Å²) in [7, 11) is -4.17. The number of hydrogen-bond acceptors (Lipinski definition) is 6. The Morgan fingerprint density at radius 3 is 2.39 bits per heavy atom. The van der Waals surface area contributed by atoms with Crippen molar-refractivity contribution >= 4 is 27.3 Å². The van der Waals surface area contributed by atoms with Gasteiger partial charge in [0.25, 0.3) is 5.91 Å². The van der Waals surface area contributed by atoms with Crippen molar-refractivity contribution in [3.63, 3.8) is 0 Å². The molecule has 168 valence electrons. The first-order chi connectivity index (χ1) is 15.9. The monoisotopic (exact) mass is 483 g/mol. The van der Waals surface area contributed by atoms with E-state index in [9.17, 15) is 18.3 Å². The first-order valence-electron chi connectivity index (χ1n) is 10.0. The van der Waals surface area contributed by atoms with Crippen molar-refractivity contribution in [1.29, 1.82) is 0 Å². The zero-order valence-electron chi connectivity index (χ0n) is 17.1. The number of sulfone groups is 1. The number of nitrogens with zero attached hydrogens (tertiary/aromatic N) is 1. The van der Waals surface area contributed by atoms with Gasteiger partial charge in [0, 0.05) is 11.6 Å². The van der Waals surface area contributed by atoms with Crippen molar-refractivity contribution in [2.24, 2.45) is 0 Å². The zero-order valence-corrected chi connectivity index (χ0v) is 18.7. The second kappa shape index (κ2) is 8.13. The number of aliphatic hydroxyl groups is 1. The molecule has 1 N–H and O–H groups in total. The number of ether oxygens (including phenoxy) is 2. The van der Waals surface area contributed by atoms with E-state index in [-0.39, 0.29) is 23.1 Å². The lowest BCUT2D eigenvalue weighted by molar-refractivity contribution is -0.130. The van der Waals surface area contributed by atoms with Crippen LogP contribution in [0.3, 0.4) is 0 Å². The van der Waals surface area contributed by atoms with Crippen molar-refractivity contribution in [3.05, 3.63) is 99.6 Å². The molecule has 7 nitrogen and oxygen atoms in total. The molecule has 1 atom stereocenters. The van der Waals surface area contributed by atoms with Gasteiger partial charge in [0.2, 0.25) is 16.6 Å². The highest BCUT2D eigenvalue weighted by Crippen LogP contribution is 2.44. The minimum absolute atomic E-state index is 0.0109. The molecule has 0 fully saturated rings. The van der Waals surface area contributed by atoms with Crippen molar-refractivity contribution in [2.45, 2.75) is 17.5 Å². The summed E-state index contributed by atoms with van der Waals surface area (Å²) in [6.07, 6.45) is 0. The summed E-state index contributed by atoms with van der Waals surface area (Å²) in [5.74, 6) is -0.438. The highest BCUT2D eigenvalue weighted by Gasteiger charge is 2.46. The van der Waals surface area contributed by atoms with Gasteiger partial charge < -0.3 is 19.5 Å². The van der Waals surface area contributed by atoms with Crippen molar-refractivity contribution in [3.8, 4) is 11.5 Å². The number of benzene rings is 3. The van der Waals surface area contributed by atoms with E-state index >= 15 is 0 Å². The number of hydrogen-bond donors (Lipinski definition) is 1. The van der Waals surface area contributed by atoms with E-state index in [2.05, 4.69) is 0 Å². The molecule has 2 heterocycles. The van der Waals surface area contributed by atoms with Crippen LogP contribution in [0.1, 0.15) is 17.2 Å². The molecule has 2 aliphatic rings. The highest BCUT2D eigenvalue weighted by molar-refractivity contribution is 7.95. The summed E-state index contributed by atoms with van der Waals surface area (Å²) in [5, 5.41) is 11.2. The predicted octanol–water partition coefficient (Wildman–Crippen LogP) is 4.40. The predicted molar refractivity (Wildman–Crippen MR) is 121 cm³/mol. The maximum absolute atomic E-state index is 13.5. The van der Waals surface area contributed by atoms with Crippen LogP contribution in [0.2, 0.25) is 5.02 Å². The van der Waals surface area contributed by atoms with Crippen LogP contribution in [0.25, 0.3) is 0 Å². The van der Waals surface area contributed by atoms with Gasteiger partial charge in [-0.2, -0.15) is 0 Å². The van der Waals surface area contributed by atoms with E-state index < -0.39 is 27.5 Å². The standard InChI is InChI=1S/C24H18ClNO6S/c25-17-9-7-16(8-10-17)21-23(33(29,30)18-4-2-1-3-5-18)22(27)24(28)26(21)13-15-6-11-19-20(12-15)32-14-31-19/h1-12,21,27H,13-14H2. The summed E-state index contributed by atoms with van der Waals surface area (Å²) in [6.45, 7) is 0.150. The molecule has 1 unspecified atom stereocenters. The zero-order chi connectivity index (χ0) is 23.2. The lowest BCUT2D eigenvalue weighted by Gasteiger charge is -2.27. The minimum atomic E-state index is -4.17. The number of fused-ring (bicyclic) bond motifs is 1. The average molecular weight is 484 g/mol. The van der Waals surface area contributed by atoms with Crippen LogP contribution in [-0.2, 0) is 21.2 Å². The Kier molecular flexibility index (Phi) is 5.26. The molecule has 1 amide bonds. The quantitative estimate of drug-likeness (QED) is 0.578. The van der Waals surface area contributed by atoms with Gasteiger partial charge in [-0.05, 0) is 47.5 Å². The van der Waals surface area contributed by atoms with Crippen LogP contribution >= 0.6 is 11.6 Å². The summed E-state index contributed by atoms with van der Waals surface area (Å²) in [5.41, 5.74) is 1.20. The van der Waals surface area contributed by atoms with Gasteiger partial charge >= 0.3 is 0 Å². The molecule has 0 radical (unpaired) electrons. The smallest absolute Gasteiger partial charge is 0.290 e. The Balaban J connectivity index is 1.61. The Labute approximate surface area is 195 Å². The molecule has 3 aromatic rings. The van der Waals surface area contributed by atoms with Crippen LogP contribution in [0.5, 0.6) is 11.5 Å². The number of aliphatic hydroxyl groups excluding tert-OH is 1. The maximum Gasteiger partial charge on any atom is 0.290 e. The molecule has 33 heavy (non-hydrogen) atoms. The van der Waals surface area contributed by atoms with E-state index in [1.807, 2.05) is 0 Å². The van der Waals surface area contributed by atoms with Crippen molar-refractivity contribution < 1.29 is 27.8 Å². The summed E-state index contributed by atoms with van der Waals surface area (Å²) in [6, 6.07) is 18.4. The average Bonchev–Trinajstić information content (AvgIpc) is 3.38. The summed E-state index contributed by atoms with van der Waals surface area (Å²) >= 11 is 6.03. The van der Waals surface area contributed by atoms with E-state index in [0.717, 1.165) is 0 Å². The van der Waals surface area contributed by atoms with Gasteiger partial charge in [-0.1, -0.05) is 48.0 Å². The van der Waals surface area contributed by atoms with Gasteiger partial charge in [-0.3, -0.25) is 4.79 Å². The topological polar surface area (TPSA) is 93.1 Å². The van der Waals surface area contributed by atoms with Gasteiger partial charge in [0.1, 0.15) is 4.91 Å². The van der Waals surface area contributed by atoms with E-state index in [1.54, 1.807) is 60.7 Å². The molecule has 3 aromatic carbocycles. The lowest BCUT2D eigenvalue weighted by Crippen LogP contribution is -2.30. The minimum Gasteiger partial charge on any atom is -0.502 e. The first-order valence-corrected chi connectivity index (χ1v) is 11.9. The van der Waals surface area contributed by atoms with E-state index in [0.29, 0.717) is 27.6 Å². The van der Waals surface area contributed by atoms with Gasteiger partial charge in [0.15, 0.2) is 17.3 Å². The third-order valence-corrected chi connectivity index (χ3v) is 7.72. The molecular formula is C24H18ClNO6S. The normalized spacial score (nSPS) is 17.7. The van der Waals surface area contributed by atoms with Crippen LogP contribution in [0.4, 0.5) is 0 Å². The van der Waals surface area contributed by atoms with E-state index in [4.69, 9.17) is 21.1 Å². The summed E-state index contributed by atoms with van der Waals surface area (Å²) in [4.78, 5) is 14.1. The van der Waals surface area contributed by atoms with Gasteiger partial charge in [-0.15, -0.1) is 0 Å². The number of halogens is 1. The van der Waals surface area contributed by atoms with Crippen LogP contribution in [0, 0.1) is 0 Å². The lowest BCUT2D eigenvalue weighted by atomic mass is 10.1. The molecule has 0 aliphatic carbocycles. The number of rotatable bonds is 5. The SMILES string of the molecule is O=C1C(O)=C(S(=O)(=O)c2ccccc2)C(c2ccc(Cl)cc2)N1Cc1ccc2c(c1)OCO2. The fourth-order valence-corrected chi connectivity index (χ4v) is 5.80. The molecule has 5 rings (SSSR count). The Bertz CT molecular complexity index is 1370. The maximum atomic E-state index is 13.5. The molecule has 0 spiro atoms. The van der Waals surface area contributed by atoms with Gasteiger partial charge in [0.05, 0.1) is 10.9 Å². The molecule has 9 heteroatoms. The van der Waals surface area contributed by atoms with Crippen molar-refractivity contribution in [1.82, 2.24) is 4.90 Å². The largest absolute Gasteiger partial charge is 0.502 e.